The second-order valence-electron chi connectivity index (χ2n) is 38.1. The monoisotopic (exact) mass is 1370 g/mol. The number of alkyl halides is 6. The average molecular weight is 1370 g/mol. The van der Waals surface area contributed by atoms with Crippen molar-refractivity contribution >= 4 is 11.9 Å². The number of hydrogen-bond acceptors (Lipinski definition) is 7. The largest absolute Gasteiger partial charge is 0.462 e. The number of aliphatic hydroxyl groups is 3. The molecule has 11 unspecified atom stereocenters. The fourth-order valence-electron chi connectivity index (χ4n) is 26.6. The third-order valence-electron chi connectivity index (χ3n) is 32.5. The smallest absolute Gasteiger partial charge is 0.402 e. The minimum Gasteiger partial charge on any atom is -0.462 e. The molecular weight excluding hydrogens is 1230 g/mol. The van der Waals surface area contributed by atoms with Crippen LogP contribution in [0.15, 0.2) is 34.9 Å². The van der Waals surface area contributed by atoms with E-state index in [9.17, 15) is 51.3 Å². The van der Waals surface area contributed by atoms with E-state index >= 15 is 0 Å². The Kier molecular flexibility index (Phi) is 23.0. The minimum atomic E-state index is -5.31. The van der Waals surface area contributed by atoms with Crippen molar-refractivity contribution in [2.45, 2.75) is 339 Å². The van der Waals surface area contributed by atoms with Crippen LogP contribution in [-0.4, -0.2) is 70.1 Å². The van der Waals surface area contributed by atoms with E-state index in [1.165, 1.54) is 109 Å². The number of carbonyl (C=O) groups excluding carboxylic acids is 2. The van der Waals surface area contributed by atoms with Crippen LogP contribution in [0.2, 0.25) is 0 Å². The maximum Gasteiger partial charge on any atom is 0.402 e. The number of halogens is 6. The zero-order chi connectivity index (χ0) is 71.0. The lowest BCUT2D eigenvalue weighted by Gasteiger charge is -2.58. The summed E-state index contributed by atoms with van der Waals surface area (Å²) in [6.07, 6.45) is 28.9. The van der Waals surface area contributed by atoms with Crippen molar-refractivity contribution in [3.8, 4) is 0 Å². The molecule has 0 heterocycles. The zero-order valence-electron chi connectivity index (χ0n) is 63.1. The van der Waals surface area contributed by atoms with Gasteiger partial charge in [0, 0.05) is 26.9 Å². The van der Waals surface area contributed by atoms with E-state index in [0.717, 1.165) is 150 Å². The molecule has 0 bridgehead atoms. The average Bonchev–Trinajstić information content (AvgIpc) is 1.71. The molecule has 0 aromatic heterocycles. The Morgan fingerprint density at radius 2 is 0.856 bits per heavy atom. The minimum absolute atomic E-state index is 0.0245. The highest BCUT2D eigenvalue weighted by Crippen LogP contribution is 2.71. The van der Waals surface area contributed by atoms with Gasteiger partial charge in [0.2, 0.25) is 0 Å². The van der Waals surface area contributed by atoms with E-state index in [0.29, 0.717) is 64.8 Å². The molecule has 9 fully saturated rings. The highest BCUT2D eigenvalue weighted by molar-refractivity contribution is 5.66. The molecule has 12 aliphatic rings. The number of rotatable bonds is 16. The van der Waals surface area contributed by atoms with Gasteiger partial charge in [-0.1, -0.05) is 117 Å². The van der Waals surface area contributed by atoms with Gasteiger partial charge in [-0.3, -0.25) is 9.59 Å². The molecule has 12 rings (SSSR count). The van der Waals surface area contributed by atoms with Crippen molar-refractivity contribution in [3.05, 3.63) is 34.9 Å². The molecule has 97 heavy (non-hydrogen) atoms. The molecular formula is C84H134F6O7. The molecule has 554 valence electrons. The molecule has 0 aliphatic heterocycles. The van der Waals surface area contributed by atoms with Crippen molar-refractivity contribution in [1.82, 2.24) is 0 Å². The van der Waals surface area contributed by atoms with E-state index < -0.39 is 24.2 Å². The number of hydrogen-bond donors (Lipinski definition) is 3. The van der Waals surface area contributed by atoms with E-state index in [-0.39, 0.29) is 64.9 Å². The van der Waals surface area contributed by atoms with E-state index in [1.807, 2.05) is 20.8 Å². The second-order valence-corrected chi connectivity index (χ2v) is 38.1. The number of ether oxygens (including phenoxy) is 2. The Bertz CT molecular complexity index is 2830. The topological polar surface area (TPSA) is 113 Å². The lowest BCUT2D eigenvalue weighted by atomic mass is 9.47. The first kappa shape index (κ1) is 77.2. The Labute approximate surface area is 583 Å². The maximum atomic E-state index is 13.4. The Hall–Kier alpha value is -2.38. The predicted octanol–water partition coefficient (Wildman–Crippen LogP) is 22.1. The third kappa shape index (κ3) is 14.8. The SMILES string of the molecule is CC(=O)O[C@H]1CC[C@@]2(C)C(=CC[C@H]3[C@@H]4CC[C@H]([C@H](C)CCC(C)(C)OC(C)=O)[C@@]4(C)CC[C@@H]32)C1.CC(CCC(C)(C(F)(F)F)C(F)(F)F)C1CCC2C3CC=C4C[C@@H](O)CCC4(C)C3CCC12C.CC(CO)CCC[C@@H](C)[C@H]1CCC2C3CC=C4C[C@@H](O)CC[C@]4(C)C3CC[C@@]21C. The molecule has 12 aliphatic carbocycles. The van der Waals surface area contributed by atoms with Crippen LogP contribution in [0.3, 0.4) is 0 Å². The first-order chi connectivity index (χ1) is 45.2. The van der Waals surface area contributed by atoms with Gasteiger partial charge in [0.15, 0.2) is 5.41 Å². The normalized spacial score (nSPS) is 42.6. The molecule has 0 saturated heterocycles. The van der Waals surface area contributed by atoms with E-state index in [2.05, 4.69) is 80.5 Å². The molecule has 0 amide bonds. The lowest BCUT2D eigenvalue weighted by molar-refractivity contribution is -0.337. The van der Waals surface area contributed by atoms with Crippen LogP contribution in [0.5, 0.6) is 0 Å². The van der Waals surface area contributed by atoms with Gasteiger partial charge in [-0.2, -0.15) is 26.3 Å². The van der Waals surface area contributed by atoms with Gasteiger partial charge < -0.3 is 24.8 Å². The molecule has 25 atom stereocenters. The first-order valence-corrected chi connectivity index (χ1v) is 39.7. The standard InChI is InChI=1S/C30H48O4.C27H40F6O.C27H46O2/c1-19(12-15-28(4,5)34-21(3)32)25-10-11-26-24-9-8-22-18-23(33-20(2)31)13-16-29(22,6)27(24)14-17-30(25,26)7;1-16(9-14-25(4,26(28,29)30)27(31,32)33)20-7-8-21-19-6-5-17-15-18(34)10-12-23(17,2)22(19)11-13-24(20,21)3;1-18(17-28)6-5-7-19(2)23-10-11-24-22-9-8-20-16-21(29)12-14-26(20,3)25(22)13-15-27(23,24)4/h8,19,23-27H,9-18H2,1-7H3;5,16,18-22,34H,6-15H2,1-4H3;8,18-19,21-25,28-29H,5-7,9-17H2,1-4H3/t19-,23+,24+,25-,26+,27+,29+,30-;16?,18-,19?,20?,21?,22?,23?,24?;18?,19-,21+,22?,23-,24?,25?,26+,27-/m101/s1. The summed E-state index contributed by atoms with van der Waals surface area (Å²) < 4.78 is 91.7. The van der Waals surface area contributed by atoms with Crippen molar-refractivity contribution in [2.24, 2.45) is 133 Å². The molecule has 0 radical (unpaired) electrons. The predicted molar refractivity (Wildman–Crippen MR) is 375 cm³/mol. The van der Waals surface area contributed by atoms with Gasteiger partial charge in [0.25, 0.3) is 0 Å². The first-order valence-electron chi connectivity index (χ1n) is 39.7. The van der Waals surface area contributed by atoms with Crippen LogP contribution >= 0.6 is 0 Å². The molecule has 7 nitrogen and oxygen atoms in total. The van der Waals surface area contributed by atoms with Crippen LogP contribution in [-0.2, 0) is 19.1 Å². The van der Waals surface area contributed by atoms with E-state index in [1.54, 1.807) is 11.1 Å². The second kappa shape index (κ2) is 28.9. The van der Waals surface area contributed by atoms with Crippen molar-refractivity contribution in [3.63, 3.8) is 0 Å². The number of aliphatic hydroxyl groups excluding tert-OH is 3. The fraction of sp³-hybridized carbons (Fsp3) is 0.905. The van der Waals surface area contributed by atoms with Crippen molar-refractivity contribution in [1.29, 1.82) is 0 Å². The molecule has 13 heteroatoms. The molecule has 9 saturated carbocycles. The van der Waals surface area contributed by atoms with Gasteiger partial charge in [-0.15, -0.1) is 0 Å². The summed E-state index contributed by atoms with van der Waals surface area (Å²) in [7, 11) is 0. The summed E-state index contributed by atoms with van der Waals surface area (Å²) in [5.41, 5.74) is 2.27. The van der Waals surface area contributed by atoms with Crippen LogP contribution in [0.25, 0.3) is 0 Å². The fourth-order valence-corrected chi connectivity index (χ4v) is 26.6. The van der Waals surface area contributed by atoms with Crippen LogP contribution < -0.4 is 0 Å². The van der Waals surface area contributed by atoms with Gasteiger partial charge >= 0.3 is 24.3 Å². The number of allylic oxidation sites excluding steroid dienone is 3. The molecule has 0 aromatic rings. The van der Waals surface area contributed by atoms with Gasteiger partial charge in [-0.25, -0.2) is 0 Å². The summed E-state index contributed by atoms with van der Waals surface area (Å²) in [4.78, 5) is 23.0. The van der Waals surface area contributed by atoms with Crippen LogP contribution in [0.1, 0.15) is 303 Å². The highest BCUT2D eigenvalue weighted by Gasteiger charge is 2.68. The molecule has 0 aromatic carbocycles. The van der Waals surface area contributed by atoms with Gasteiger partial charge in [-0.05, 0) is 328 Å². The summed E-state index contributed by atoms with van der Waals surface area (Å²) >= 11 is 0. The number of esters is 2. The highest BCUT2D eigenvalue weighted by atomic mass is 19.4. The Balaban J connectivity index is 0.000000159. The maximum absolute atomic E-state index is 13.4. The van der Waals surface area contributed by atoms with Crippen LogP contribution in [0.4, 0.5) is 26.3 Å². The van der Waals surface area contributed by atoms with E-state index in [4.69, 9.17) is 9.47 Å². The molecule has 0 spiro atoms. The van der Waals surface area contributed by atoms with Gasteiger partial charge in [0.1, 0.15) is 11.7 Å². The Morgan fingerprint density at radius 3 is 1.23 bits per heavy atom. The Morgan fingerprint density at radius 1 is 0.485 bits per heavy atom. The van der Waals surface area contributed by atoms with Crippen molar-refractivity contribution < 1.29 is 60.7 Å². The summed E-state index contributed by atoms with van der Waals surface area (Å²) in [6, 6.07) is 0. The third-order valence-corrected chi connectivity index (χ3v) is 32.5. The zero-order valence-corrected chi connectivity index (χ0v) is 63.1. The summed E-state index contributed by atoms with van der Waals surface area (Å²) in [5.74, 6) is 9.87. The van der Waals surface area contributed by atoms with Gasteiger partial charge in [0.05, 0.1) is 12.2 Å². The van der Waals surface area contributed by atoms with Crippen molar-refractivity contribution in [2.75, 3.05) is 6.61 Å². The molecule has 3 N–H and O–H groups in total. The quantitative estimate of drug-likeness (QED) is 0.0801. The van der Waals surface area contributed by atoms with Crippen LogP contribution in [0, 0.1) is 133 Å². The summed E-state index contributed by atoms with van der Waals surface area (Å²) in [5, 5.41) is 29.7. The number of carbonyl (C=O) groups is 2. The number of fused-ring (bicyclic) bond motifs is 15. The lowest BCUT2D eigenvalue weighted by Crippen LogP contribution is -2.51. The summed E-state index contributed by atoms with van der Waals surface area (Å²) in [6.45, 7) is 31.8.